The quantitative estimate of drug-likeness (QED) is 0.682. The Bertz CT molecular complexity index is 117. The third kappa shape index (κ3) is 2.12. The van der Waals surface area contributed by atoms with Gasteiger partial charge in [-0.25, -0.2) is 0 Å². The molecule has 2 aliphatic rings. The van der Waals surface area contributed by atoms with Crippen LogP contribution in [0.3, 0.4) is 0 Å². The summed E-state index contributed by atoms with van der Waals surface area (Å²) in [6, 6.07) is 0. The topological polar surface area (TPSA) is 12.0 Å². The van der Waals surface area contributed by atoms with Gasteiger partial charge in [-0.1, -0.05) is 6.42 Å². The van der Waals surface area contributed by atoms with Crippen LogP contribution < -0.4 is 5.32 Å². The van der Waals surface area contributed by atoms with Gasteiger partial charge < -0.3 is 5.32 Å². The van der Waals surface area contributed by atoms with Crippen LogP contribution in [0.4, 0.5) is 0 Å². The van der Waals surface area contributed by atoms with Gasteiger partial charge in [0.25, 0.3) is 0 Å². The molecule has 0 radical (unpaired) electrons. The number of nitrogens with one attached hydrogen (secondary N) is 1. The molecule has 1 atom stereocenters. The standard InChI is InChI=1S/C9H17NS/c1-3-8(4-1)11-9-5-2-6-10-7-9/h8-10H,1-7H2. The molecule has 2 heteroatoms. The van der Waals surface area contributed by atoms with Crippen molar-refractivity contribution in [2.45, 2.75) is 42.6 Å². The van der Waals surface area contributed by atoms with E-state index >= 15 is 0 Å². The summed E-state index contributed by atoms with van der Waals surface area (Å²) in [7, 11) is 0. The van der Waals surface area contributed by atoms with Gasteiger partial charge in [-0.2, -0.15) is 11.8 Å². The predicted molar refractivity (Wildman–Crippen MR) is 51.1 cm³/mol. The van der Waals surface area contributed by atoms with Gasteiger partial charge in [0, 0.05) is 17.0 Å². The Balaban J connectivity index is 1.67. The summed E-state index contributed by atoms with van der Waals surface area (Å²) < 4.78 is 0. The maximum atomic E-state index is 3.47. The van der Waals surface area contributed by atoms with E-state index in [0.29, 0.717) is 0 Å². The maximum Gasteiger partial charge on any atom is 0.0175 e. The molecule has 0 bridgehead atoms. The summed E-state index contributed by atoms with van der Waals surface area (Å²) in [5, 5.41) is 5.43. The van der Waals surface area contributed by atoms with E-state index in [1.165, 1.54) is 45.2 Å². The lowest BCUT2D eigenvalue weighted by Gasteiger charge is -2.31. The van der Waals surface area contributed by atoms with Crippen molar-refractivity contribution >= 4 is 11.8 Å². The zero-order valence-electron chi connectivity index (χ0n) is 7.01. The number of hydrogen-bond donors (Lipinski definition) is 1. The van der Waals surface area contributed by atoms with Crippen molar-refractivity contribution in [3.63, 3.8) is 0 Å². The van der Waals surface area contributed by atoms with E-state index in [-0.39, 0.29) is 0 Å². The van der Waals surface area contributed by atoms with E-state index in [1.54, 1.807) is 0 Å². The minimum absolute atomic E-state index is 0.939. The van der Waals surface area contributed by atoms with Crippen molar-refractivity contribution < 1.29 is 0 Å². The lowest BCUT2D eigenvalue weighted by atomic mass is 10.00. The molecule has 1 heterocycles. The van der Waals surface area contributed by atoms with Crippen LogP contribution >= 0.6 is 11.8 Å². The Morgan fingerprint density at radius 3 is 2.36 bits per heavy atom. The van der Waals surface area contributed by atoms with Crippen molar-refractivity contribution in [1.29, 1.82) is 0 Å². The summed E-state index contributed by atoms with van der Waals surface area (Å²) in [6.45, 7) is 2.52. The van der Waals surface area contributed by atoms with Gasteiger partial charge in [0.2, 0.25) is 0 Å². The lowest BCUT2D eigenvalue weighted by molar-refractivity contribution is 0.501. The minimum atomic E-state index is 0.939. The summed E-state index contributed by atoms with van der Waals surface area (Å²) in [4.78, 5) is 0. The third-order valence-electron chi connectivity index (χ3n) is 2.69. The predicted octanol–water partition coefficient (Wildman–Crippen LogP) is 2.02. The molecule has 1 unspecified atom stereocenters. The molecule has 0 aromatic rings. The molecule has 0 aromatic heterocycles. The van der Waals surface area contributed by atoms with Crippen molar-refractivity contribution in [3.05, 3.63) is 0 Å². The SMILES string of the molecule is C1CC(SC2CCCNC2)C1. The smallest absolute Gasteiger partial charge is 0.0175 e. The van der Waals surface area contributed by atoms with E-state index in [4.69, 9.17) is 0 Å². The Morgan fingerprint density at radius 2 is 1.82 bits per heavy atom. The number of rotatable bonds is 2. The second-order valence-corrected chi connectivity index (χ2v) is 5.26. The molecule has 1 saturated heterocycles. The van der Waals surface area contributed by atoms with E-state index in [2.05, 4.69) is 17.1 Å². The van der Waals surface area contributed by atoms with Gasteiger partial charge >= 0.3 is 0 Å². The summed E-state index contributed by atoms with van der Waals surface area (Å²) in [5.41, 5.74) is 0. The lowest BCUT2D eigenvalue weighted by Crippen LogP contribution is -2.33. The van der Waals surface area contributed by atoms with Gasteiger partial charge in [0.1, 0.15) is 0 Å². The zero-order valence-corrected chi connectivity index (χ0v) is 7.83. The molecule has 11 heavy (non-hydrogen) atoms. The van der Waals surface area contributed by atoms with Crippen LogP contribution in [0, 0.1) is 0 Å². The molecular weight excluding hydrogens is 154 g/mol. The fourth-order valence-electron chi connectivity index (χ4n) is 1.72. The van der Waals surface area contributed by atoms with E-state index in [9.17, 15) is 0 Å². The Hall–Kier alpha value is 0.310. The van der Waals surface area contributed by atoms with Gasteiger partial charge in [-0.3, -0.25) is 0 Å². The Morgan fingerprint density at radius 1 is 1.00 bits per heavy atom. The van der Waals surface area contributed by atoms with E-state index in [0.717, 1.165) is 10.5 Å². The Kier molecular flexibility index (Phi) is 2.75. The first kappa shape index (κ1) is 7.93. The molecule has 1 saturated carbocycles. The largest absolute Gasteiger partial charge is 0.316 e. The van der Waals surface area contributed by atoms with Crippen LogP contribution in [0.15, 0.2) is 0 Å². The molecule has 2 rings (SSSR count). The highest BCUT2D eigenvalue weighted by atomic mass is 32.2. The summed E-state index contributed by atoms with van der Waals surface area (Å²) >= 11 is 2.24. The maximum absolute atomic E-state index is 3.47. The fourth-order valence-corrected chi connectivity index (χ4v) is 3.38. The second-order valence-electron chi connectivity index (χ2n) is 3.66. The van der Waals surface area contributed by atoms with Crippen molar-refractivity contribution in [2.24, 2.45) is 0 Å². The van der Waals surface area contributed by atoms with Crippen LogP contribution in [0.1, 0.15) is 32.1 Å². The van der Waals surface area contributed by atoms with Crippen molar-refractivity contribution in [2.75, 3.05) is 13.1 Å². The zero-order chi connectivity index (χ0) is 7.52. The molecule has 0 aromatic carbocycles. The molecule has 1 N–H and O–H groups in total. The van der Waals surface area contributed by atoms with E-state index < -0.39 is 0 Å². The van der Waals surface area contributed by atoms with Gasteiger partial charge in [0.15, 0.2) is 0 Å². The van der Waals surface area contributed by atoms with Crippen LogP contribution in [0.5, 0.6) is 0 Å². The average Bonchev–Trinajstić information content (AvgIpc) is 1.99. The van der Waals surface area contributed by atoms with Crippen LogP contribution in [0.2, 0.25) is 0 Å². The number of hydrogen-bond acceptors (Lipinski definition) is 2. The molecule has 1 aliphatic carbocycles. The van der Waals surface area contributed by atoms with Crippen LogP contribution in [-0.4, -0.2) is 23.6 Å². The summed E-state index contributed by atoms with van der Waals surface area (Å²) in [5.74, 6) is 0. The fraction of sp³-hybridized carbons (Fsp3) is 1.00. The normalized spacial score (nSPS) is 33.3. The molecule has 2 fully saturated rings. The first-order chi connectivity index (χ1) is 5.45. The number of piperidine rings is 1. The molecular formula is C9H17NS. The molecule has 0 amide bonds. The van der Waals surface area contributed by atoms with E-state index in [1.807, 2.05) is 0 Å². The second kappa shape index (κ2) is 3.81. The van der Waals surface area contributed by atoms with Gasteiger partial charge in [-0.15, -0.1) is 0 Å². The van der Waals surface area contributed by atoms with Crippen molar-refractivity contribution in [3.8, 4) is 0 Å². The molecule has 0 spiro atoms. The number of thioether (sulfide) groups is 1. The van der Waals surface area contributed by atoms with Crippen LogP contribution in [-0.2, 0) is 0 Å². The van der Waals surface area contributed by atoms with Gasteiger partial charge in [0.05, 0.1) is 0 Å². The Labute approximate surface area is 73.3 Å². The monoisotopic (exact) mass is 171 g/mol. The highest BCUT2D eigenvalue weighted by molar-refractivity contribution is 8.00. The first-order valence-corrected chi connectivity index (χ1v) is 5.75. The third-order valence-corrected chi connectivity index (χ3v) is 4.33. The summed E-state index contributed by atoms with van der Waals surface area (Å²) in [6.07, 6.45) is 7.30. The average molecular weight is 171 g/mol. The molecule has 1 aliphatic heterocycles. The van der Waals surface area contributed by atoms with Crippen LogP contribution in [0.25, 0.3) is 0 Å². The molecule has 1 nitrogen and oxygen atoms in total. The first-order valence-electron chi connectivity index (χ1n) is 4.81. The highest BCUT2D eigenvalue weighted by Gasteiger charge is 2.23. The van der Waals surface area contributed by atoms with Crippen molar-refractivity contribution in [1.82, 2.24) is 5.32 Å². The molecule has 64 valence electrons. The van der Waals surface area contributed by atoms with Gasteiger partial charge in [-0.05, 0) is 32.2 Å². The minimum Gasteiger partial charge on any atom is -0.316 e. The highest BCUT2D eigenvalue weighted by Crippen LogP contribution is 2.35.